The zero-order valence-corrected chi connectivity index (χ0v) is 19.1. The van der Waals surface area contributed by atoms with Gasteiger partial charge in [0.25, 0.3) is 0 Å². The minimum Gasteiger partial charge on any atom is -0.482 e. The first kappa shape index (κ1) is 22.7. The van der Waals surface area contributed by atoms with E-state index in [0.29, 0.717) is 29.3 Å². The molecule has 0 fully saturated rings. The van der Waals surface area contributed by atoms with E-state index >= 15 is 0 Å². The van der Waals surface area contributed by atoms with Crippen LogP contribution in [-0.2, 0) is 22.7 Å². The second-order valence-electron chi connectivity index (χ2n) is 7.88. The molecule has 2 heterocycles. The molecule has 4 rings (SSSR count). The van der Waals surface area contributed by atoms with E-state index in [9.17, 15) is 9.59 Å². The maximum atomic E-state index is 13.2. The van der Waals surface area contributed by atoms with Gasteiger partial charge in [0, 0.05) is 22.8 Å². The molecular formula is C24H24ClN3O5. The van der Waals surface area contributed by atoms with Crippen molar-refractivity contribution in [3.05, 3.63) is 81.6 Å². The lowest BCUT2D eigenvalue weighted by molar-refractivity contribution is -0.139. The third-order valence-electron chi connectivity index (χ3n) is 5.55. The number of carboxylic acid groups (broad SMARTS) is 1. The normalized spacial score (nSPS) is 15.1. The molecule has 3 aromatic rings. The average molecular weight is 470 g/mol. The summed E-state index contributed by atoms with van der Waals surface area (Å²) in [5.74, 6) is -0.749. The number of carbonyl (C=O) groups excluding carboxylic acids is 1. The molecule has 0 spiro atoms. The van der Waals surface area contributed by atoms with Gasteiger partial charge < -0.3 is 14.6 Å². The van der Waals surface area contributed by atoms with Gasteiger partial charge in [-0.15, -0.1) is 0 Å². The summed E-state index contributed by atoms with van der Waals surface area (Å²) in [5, 5.41) is 13.9. The molecule has 8 nitrogen and oxygen atoms in total. The molecule has 0 aliphatic carbocycles. The van der Waals surface area contributed by atoms with Crippen LogP contribution in [-0.4, -0.2) is 45.0 Å². The number of ether oxygens (including phenoxy) is 2. The number of fused-ring (bicyclic) bond motifs is 1. The number of carbonyl (C=O) groups is 2. The third-order valence-corrected chi connectivity index (χ3v) is 5.78. The van der Waals surface area contributed by atoms with Crippen LogP contribution in [0.4, 0.5) is 4.79 Å². The Balaban J connectivity index is 1.69. The number of carboxylic acids is 1. The summed E-state index contributed by atoms with van der Waals surface area (Å²) in [6.45, 7) is 3.67. The van der Waals surface area contributed by atoms with Gasteiger partial charge in [-0.3, -0.25) is 4.90 Å². The zero-order chi connectivity index (χ0) is 23.5. The van der Waals surface area contributed by atoms with E-state index in [1.54, 1.807) is 27.8 Å². The van der Waals surface area contributed by atoms with Crippen molar-refractivity contribution >= 4 is 23.7 Å². The number of amides is 1. The number of benzene rings is 2. The summed E-state index contributed by atoms with van der Waals surface area (Å²) >= 11 is 6.30. The van der Waals surface area contributed by atoms with Crippen molar-refractivity contribution in [2.45, 2.75) is 33.0 Å². The number of nitrogens with zero attached hydrogens (tertiary/aromatic N) is 3. The van der Waals surface area contributed by atoms with Crippen LogP contribution in [0.2, 0.25) is 5.02 Å². The lowest BCUT2D eigenvalue weighted by Crippen LogP contribution is -2.41. The Kier molecular flexibility index (Phi) is 6.55. The van der Waals surface area contributed by atoms with Gasteiger partial charge in [-0.25, -0.2) is 14.3 Å². The summed E-state index contributed by atoms with van der Waals surface area (Å²) in [6, 6.07) is 14.1. The molecule has 1 N–H and O–H groups in total. The highest BCUT2D eigenvalue weighted by molar-refractivity contribution is 6.30. The Morgan fingerprint density at radius 1 is 1.15 bits per heavy atom. The Labute approximate surface area is 196 Å². The molecule has 172 valence electrons. The first-order valence-electron chi connectivity index (χ1n) is 10.5. The van der Waals surface area contributed by atoms with Crippen molar-refractivity contribution in [3.8, 4) is 5.75 Å². The van der Waals surface area contributed by atoms with Crippen molar-refractivity contribution in [2.75, 3.05) is 13.2 Å². The highest BCUT2D eigenvalue weighted by atomic mass is 35.5. The Hall–Kier alpha value is -3.52. The van der Waals surface area contributed by atoms with Crippen molar-refractivity contribution < 1.29 is 24.2 Å². The Morgan fingerprint density at radius 3 is 2.67 bits per heavy atom. The van der Waals surface area contributed by atoms with Crippen molar-refractivity contribution in [3.63, 3.8) is 0 Å². The van der Waals surface area contributed by atoms with E-state index in [1.807, 2.05) is 44.2 Å². The number of hydrogen-bond acceptors (Lipinski definition) is 5. The number of halogens is 1. The van der Waals surface area contributed by atoms with Crippen LogP contribution in [0, 0.1) is 13.8 Å². The lowest BCUT2D eigenvalue weighted by Gasteiger charge is -2.37. The Morgan fingerprint density at radius 2 is 1.94 bits per heavy atom. The van der Waals surface area contributed by atoms with Gasteiger partial charge in [0.1, 0.15) is 5.75 Å². The molecule has 1 aliphatic heterocycles. The fourth-order valence-electron chi connectivity index (χ4n) is 4.11. The number of aryl methyl sites for hydroxylation is 2. The lowest BCUT2D eigenvalue weighted by atomic mass is 9.88. The third kappa shape index (κ3) is 4.96. The molecule has 0 radical (unpaired) electrons. The molecule has 33 heavy (non-hydrogen) atoms. The van der Waals surface area contributed by atoms with Gasteiger partial charge in [0.2, 0.25) is 0 Å². The molecule has 9 heteroatoms. The van der Waals surface area contributed by atoms with E-state index < -0.39 is 24.7 Å². The maximum Gasteiger partial charge on any atom is 0.412 e. The van der Waals surface area contributed by atoms with Gasteiger partial charge in [0.05, 0.1) is 11.7 Å². The van der Waals surface area contributed by atoms with Crippen LogP contribution < -0.4 is 4.74 Å². The molecule has 1 aliphatic rings. The molecular weight excluding hydrogens is 446 g/mol. The molecule has 0 bridgehead atoms. The van der Waals surface area contributed by atoms with E-state index in [-0.39, 0.29) is 6.73 Å². The number of aromatic nitrogens is 2. The molecule has 1 amide bonds. The fraction of sp³-hybridized carbons (Fsp3) is 0.292. The second kappa shape index (κ2) is 9.54. The molecule has 2 aromatic carbocycles. The van der Waals surface area contributed by atoms with Crippen LogP contribution in [0.25, 0.3) is 0 Å². The predicted molar refractivity (Wildman–Crippen MR) is 121 cm³/mol. The topological polar surface area (TPSA) is 93.9 Å². The smallest absolute Gasteiger partial charge is 0.412 e. The van der Waals surface area contributed by atoms with E-state index in [0.717, 1.165) is 22.5 Å². The summed E-state index contributed by atoms with van der Waals surface area (Å²) in [7, 11) is 0. The van der Waals surface area contributed by atoms with E-state index in [4.69, 9.17) is 26.2 Å². The minimum atomic E-state index is -1.10. The molecule has 1 aromatic heterocycles. The number of hydrogen-bond donors (Lipinski definition) is 1. The van der Waals surface area contributed by atoms with Gasteiger partial charge in [-0.2, -0.15) is 5.10 Å². The number of rotatable bonds is 6. The zero-order valence-electron chi connectivity index (χ0n) is 18.3. The Bertz CT molecular complexity index is 1190. The standard InChI is InChI=1S/C24H24ClN3O5/c1-15-11-16(2)28(26-15)14-33-24(31)27-10-9-17-5-3-4-6-19(17)23(27)20-12-18(25)7-8-21(20)32-13-22(29)30/h3-8,11-12,23H,9-10,13-14H2,1-2H3,(H,29,30). The summed E-state index contributed by atoms with van der Waals surface area (Å²) in [4.78, 5) is 26.0. The monoisotopic (exact) mass is 469 g/mol. The number of aliphatic carboxylic acids is 1. The van der Waals surface area contributed by atoms with E-state index in [1.165, 1.54) is 0 Å². The fourth-order valence-corrected chi connectivity index (χ4v) is 4.29. The quantitative estimate of drug-likeness (QED) is 0.576. The second-order valence-corrected chi connectivity index (χ2v) is 8.31. The van der Waals surface area contributed by atoms with Crippen LogP contribution in [0.1, 0.15) is 34.1 Å². The average Bonchev–Trinajstić information content (AvgIpc) is 3.12. The first-order valence-corrected chi connectivity index (χ1v) is 10.9. The SMILES string of the molecule is Cc1cc(C)n(COC(=O)N2CCc3ccccc3C2c2cc(Cl)ccc2OCC(=O)O)n1. The predicted octanol–water partition coefficient (Wildman–Crippen LogP) is 4.36. The van der Waals surface area contributed by atoms with Gasteiger partial charge >= 0.3 is 12.1 Å². The van der Waals surface area contributed by atoms with Gasteiger partial charge in [-0.05, 0) is 55.7 Å². The van der Waals surface area contributed by atoms with Gasteiger partial charge in [0.15, 0.2) is 13.3 Å². The highest BCUT2D eigenvalue weighted by Crippen LogP contribution is 2.40. The highest BCUT2D eigenvalue weighted by Gasteiger charge is 2.35. The van der Waals surface area contributed by atoms with E-state index in [2.05, 4.69) is 5.10 Å². The largest absolute Gasteiger partial charge is 0.482 e. The van der Waals surface area contributed by atoms with Crippen molar-refractivity contribution in [1.82, 2.24) is 14.7 Å². The molecule has 1 atom stereocenters. The summed E-state index contributed by atoms with van der Waals surface area (Å²) in [6.07, 6.45) is 0.152. The maximum absolute atomic E-state index is 13.2. The molecule has 1 unspecified atom stereocenters. The summed E-state index contributed by atoms with van der Waals surface area (Å²) in [5.41, 5.74) is 4.33. The van der Waals surface area contributed by atoms with Crippen LogP contribution in [0.3, 0.4) is 0 Å². The van der Waals surface area contributed by atoms with Crippen molar-refractivity contribution in [1.29, 1.82) is 0 Å². The van der Waals surface area contributed by atoms with Crippen LogP contribution in [0.15, 0.2) is 48.5 Å². The minimum absolute atomic E-state index is 0.0126. The van der Waals surface area contributed by atoms with Gasteiger partial charge in [-0.1, -0.05) is 35.9 Å². The summed E-state index contributed by atoms with van der Waals surface area (Å²) < 4.78 is 12.8. The van der Waals surface area contributed by atoms with Crippen molar-refractivity contribution in [2.24, 2.45) is 0 Å². The van der Waals surface area contributed by atoms with Crippen LogP contribution >= 0.6 is 11.6 Å². The van der Waals surface area contributed by atoms with Crippen LogP contribution in [0.5, 0.6) is 5.75 Å². The first-order chi connectivity index (χ1) is 15.8. The molecule has 0 saturated carbocycles. The molecule has 0 saturated heterocycles.